The van der Waals surface area contributed by atoms with Gasteiger partial charge in [0.05, 0.1) is 11.4 Å². The summed E-state index contributed by atoms with van der Waals surface area (Å²) < 4.78 is 0. The first-order chi connectivity index (χ1) is 9.15. The Bertz CT molecular complexity index is 422. The summed E-state index contributed by atoms with van der Waals surface area (Å²) in [6, 6.07) is 7.90. The highest BCUT2D eigenvalue weighted by atomic mass is 16.6. The number of hydrogen-bond acceptors (Lipinski definition) is 4. The lowest BCUT2D eigenvalue weighted by Crippen LogP contribution is -2.02. The second-order valence-corrected chi connectivity index (χ2v) is 3.83. The van der Waals surface area contributed by atoms with E-state index in [0.29, 0.717) is 6.61 Å². The maximum Gasteiger partial charge on any atom is 0.142 e. The van der Waals surface area contributed by atoms with E-state index in [1.54, 1.807) is 0 Å². The number of hydrogen-bond donors (Lipinski definition) is 0. The molecule has 106 valence electrons. The first-order valence-electron chi connectivity index (χ1n) is 6.44. The number of nitrogens with zero attached hydrogens (tertiary/aromatic N) is 2. The van der Waals surface area contributed by atoms with Crippen LogP contribution in [-0.4, -0.2) is 18.5 Å². The summed E-state index contributed by atoms with van der Waals surface area (Å²) in [5, 5.41) is 7.84. The van der Waals surface area contributed by atoms with Gasteiger partial charge in [-0.2, -0.15) is 0 Å². The first-order valence-corrected chi connectivity index (χ1v) is 6.44. The van der Waals surface area contributed by atoms with Crippen molar-refractivity contribution in [1.82, 2.24) is 0 Å². The second kappa shape index (κ2) is 10.1. The van der Waals surface area contributed by atoms with Gasteiger partial charge in [-0.1, -0.05) is 48.4 Å². The maximum atomic E-state index is 5.24. The Labute approximate surface area is 116 Å². The monoisotopic (exact) mass is 264 g/mol. The molecule has 0 aromatic heterocycles. The van der Waals surface area contributed by atoms with Crippen LogP contribution in [0.5, 0.6) is 0 Å². The summed E-state index contributed by atoms with van der Waals surface area (Å²) in [7, 11) is 1.54. The molecule has 0 unspecified atom stereocenters. The van der Waals surface area contributed by atoms with Crippen LogP contribution in [0.4, 0.5) is 0 Å². The number of oxime groups is 2. The molecule has 19 heavy (non-hydrogen) atoms. The molecule has 1 aromatic carbocycles. The third-order valence-corrected chi connectivity index (χ3v) is 2.10. The molecule has 0 spiro atoms. The molecule has 0 bridgehead atoms. The Hall–Kier alpha value is -1.84. The molecule has 0 saturated heterocycles. The van der Waals surface area contributed by atoms with E-state index in [2.05, 4.69) is 10.3 Å². The molecule has 0 amide bonds. The normalized spacial score (nSPS) is 10.1. The first kappa shape index (κ1) is 17.2. The van der Waals surface area contributed by atoms with E-state index in [9.17, 15) is 0 Å². The van der Waals surface area contributed by atoms with Crippen LogP contribution in [0.3, 0.4) is 0 Å². The molecular formula is C15H24N2O2. The van der Waals surface area contributed by atoms with Gasteiger partial charge in [0.25, 0.3) is 0 Å². The molecule has 0 aliphatic carbocycles. The highest BCUT2D eigenvalue weighted by Gasteiger charge is 2.05. The van der Waals surface area contributed by atoms with Crippen LogP contribution in [0.1, 0.15) is 45.7 Å². The Morgan fingerprint density at radius 1 is 1.05 bits per heavy atom. The molecule has 0 fully saturated rings. The predicted molar refractivity (Wildman–Crippen MR) is 80.6 cm³/mol. The van der Waals surface area contributed by atoms with E-state index in [0.717, 1.165) is 22.6 Å². The average molecular weight is 264 g/mol. The van der Waals surface area contributed by atoms with Gasteiger partial charge in [-0.05, 0) is 20.8 Å². The van der Waals surface area contributed by atoms with Gasteiger partial charge in [0.1, 0.15) is 13.7 Å². The summed E-state index contributed by atoms with van der Waals surface area (Å²) in [6.07, 6.45) is 0. The van der Waals surface area contributed by atoms with Crippen molar-refractivity contribution in [3.05, 3.63) is 35.4 Å². The molecular weight excluding hydrogens is 240 g/mol. The minimum atomic E-state index is 0.428. The minimum Gasteiger partial charge on any atom is -0.399 e. The van der Waals surface area contributed by atoms with Gasteiger partial charge >= 0.3 is 0 Å². The van der Waals surface area contributed by atoms with Crippen LogP contribution in [0.15, 0.2) is 34.6 Å². The standard InChI is InChI=1S/C13H18N2O2.C2H6/c1-10(2)14-17-9-12-7-5-6-8-13(12)11(3)15-16-4;1-2/h5-8H,9H2,1-4H3;1-2H3. The second-order valence-electron chi connectivity index (χ2n) is 3.83. The Morgan fingerprint density at radius 2 is 1.68 bits per heavy atom. The minimum absolute atomic E-state index is 0.428. The molecule has 0 aliphatic heterocycles. The number of rotatable bonds is 5. The van der Waals surface area contributed by atoms with E-state index in [-0.39, 0.29) is 0 Å². The highest BCUT2D eigenvalue weighted by molar-refractivity contribution is 5.99. The summed E-state index contributed by atoms with van der Waals surface area (Å²) >= 11 is 0. The van der Waals surface area contributed by atoms with Crippen molar-refractivity contribution in [1.29, 1.82) is 0 Å². The van der Waals surface area contributed by atoms with Gasteiger partial charge in [0, 0.05) is 11.1 Å². The van der Waals surface area contributed by atoms with Crippen molar-refractivity contribution in [3.8, 4) is 0 Å². The van der Waals surface area contributed by atoms with Crippen LogP contribution in [0.2, 0.25) is 0 Å². The maximum absolute atomic E-state index is 5.24. The van der Waals surface area contributed by atoms with Gasteiger partial charge in [0.15, 0.2) is 0 Å². The fraction of sp³-hybridized carbons (Fsp3) is 0.467. The third-order valence-electron chi connectivity index (χ3n) is 2.10. The molecule has 1 rings (SSSR count). The molecule has 4 nitrogen and oxygen atoms in total. The molecule has 0 N–H and O–H groups in total. The highest BCUT2D eigenvalue weighted by Crippen LogP contribution is 2.12. The lowest BCUT2D eigenvalue weighted by atomic mass is 10.0. The number of benzene rings is 1. The molecule has 4 heteroatoms. The van der Waals surface area contributed by atoms with E-state index in [4.69, 9.17) is 9.68 Å². The van der Waals surface area contributed by atoms with Crippen molar-refractivity contribution in [2.75, 3.05) is 7.11 Å². The lowest BCUT2D eigenvalue weighted by Gasteiger charge is -2.07. The van der Waals surface area contributed by atoms with E-state index in [1.807, 2.05) is 58.9 Å². The Morgan fingerprint density at radius 3 is 2.26 bits per heavy atom. The van der Waals surface area contributed by atoms with Crippen LogP contribution < -0.4 is 0 Å². The summed E-state index contributed by atoms with van der Waals surface area (Å²) in [5.74, 6) is 0. The predicted octanol–water partition coefficient (Wildman–Crippen LogP) is 4.00. The van der Waals surface area contributed by atoms with E-state index < -0.39 is 0 Å². The Kier molecular flexibility index (Phi) is 9.14. The molecule has 0 saturated carbocycles. The largest absolute Gasteiger partial charge is 0.399 e. The molecule has 1 aromatic rings. The van der Waals surface area contributed by atoms with Gasteiger partial charge in [-0.25, -0.2) is 0 Å². The third kappa shape index (κ3) is 6.60. The molecule has 0 atom stereocenters. The van der Waals surface area contributed by atoms with Crippen molar-refractivity contribution < 1.29 is 9.68 Å². The van der Waals surface area contributed by atoms with Gasteiger partial charge < -0.3 is 9.68 Å². The zero-order chi connectivity index (χ0) is 14.7. The van der Waals surface area contributed by atoms with Crippen LogP contribution >= 0.6 is 0 Å². The van der Waals surface area contributed by atoms with Gasteiger partial charge in [-0.15, -0.1) is 0 Å². The van der Waals surface area contributed by atoms with Crippen molar-refractivity contribution in [2.45, 2.75) is 41.2 Å². The smallest absolute Gasteiger partial charge is 0.142 e. The van der Waals surface area contributed by atoms with Gasteiger partial charge in [0.2, 0.25) is 0 Å². The quantitative estimate of drug-likeness (QED) is 0.596. The summed E-state index contributed by atoms with van der Waals surface area (Å²) in [5.41, 5.74) is 3.77. The fourth-order valence-electron chi connectivity index (χ4n) is 1.42. The lowest BCUT2D eigenvalue weighted by molar-refractivity contribution is 0.130. The summed E-state index contributed by atoms with van der Waals surface area (Å²) in [4.78, 5) is 10.0. The van der Waals surface area contributed by atoms with Crippen LogP contribution in [0, 0.1) is 0 Å². The zero-order valence-electron chi connectivity index (χ0n) is 12.7. The molecule has 0 heterocycles. The SMILES string of the molecule is CC.CON=C(C)c1ccccc1CON=C(C)C. The van der Waals surface area contributed by atoms with Crippen LogP contribution in [-0.2, 0) is 16.3 Å². The van der Waals surface area contributed by atoms with Crippen molar-refractivity contribution in [2.24, 2.45) is 10.3 Å². The zero-order valence-corrected chi connectivity index (χ0v) is 12.7. The van der Waals surface area contributed by atoms with E-state index in [1.165, 1.54) is 7.11 Å². The van der Waals surface area contributed by atoms with E-state index >= 15 is 0 Å². The fourth-order valence-corrected chi connectivity index (χ4v) is 1.42. The topological polar surface area (TPSA) is 43.2 Å². The van der Waals surface area contributed by atoms with Gasteiger partial charge in [-0.3, -0.25) is 0 Å². The van der Waals surface area contributed by atoms with Crippen molar-refractivity contribution >= 4 is 11.4 Å². The Balaban J connectivity index is 0.00000154. The average Bonchev–Trinajstić information content (AvgIpc) is 2.41. The summed E-state index contributed by atoms with van der Waals surface area (Å²) in [6.45, 7) is 10.1. The van der Waals surface area contributed by atoms with Crippen LogP contribution in [0.25, 0.3) is 0 Å². The molecule has 0 radical (unpaired) electrons. The molecule has 0 aliphatic rings. The van der Waals surface area contributed by atoms with Crippen molar-refractivity contribution in [3.63, 3.8) is 0 Å².